The molecule has 72 heavy (non-hydrogen) atoms. The molecule has 20 heteroatoms. The summed E-state index contributed by atoms with van der Waals surface area (Å²) in [6, 6.07) is 12.2. The Hall–Kier alpha value is -5.32. The zero-order valence-corrected chi connectivity index (χ0v) is 45.0. The molecular weight excluding hydrogens is 1020 g/mol. The SMILES string of the molecule is CC[C@H](N)C(=O)N(C)[C@@H](CC(C)C)C(=O)C[C@@H](CC(C)C)C(=O)N(C)[C@@H](Cc1cn(Cc2ccc(Br)cc2)c2ccccc12)C(=O)C[C@@H](CCC(F)(F)F)C(=O)N(C)[C@@H](C)C(=O)O[C@H](CCC#N)C(=O)O.Cl. The summed E-state index contributed by atoms with van der Waals surface area (Å²) >= 11 is 3.46. The van der Waals surface area contributed by atoms with Crippen molar-refractivity contribution >= 4 is 80.5 Å². The fraction of sp³-hybridized carbons (Fsp3) is 0.577. The topological polar surface area (TPSA) is 213 Å². The van der Waals surface area contributed by atoms with Crippen molar-refractivity contribution in [3.8, 4) is 6.07 Å². The molecule has 1 aromatic heterocycles. The molecule has 0 bridgehead atoms. The van der Waals surface area contributed by atoms with Crippen LogP contribution >= 0.6 is 28.3 Å². The first-order valence-corrected chi connectivity index (χ1v) is 24.8. The molecule has 0 radical (unpaired) electrons. The van der Waals surface area contributed by atoms with Gasteiger partial charge in [0.1, 0.15) is 6.04 Å². The minimum Gasteiger partial charge on any atom is -0.479 e. The Morgan fingerprint density at radius 3 is 1.92 bits per heavy atom. The van der Waals surface area contributed by atoms with Gasteiger partial charge in [0.25, 0.3) is 0 Å². The van der Waals surface area contributed by atoms with E-state index in [1.165, 1.54) is 30.8 Å². The third-order valence-corrected chi connectivity index (χ3v) is 13.4. The van der Waals surface area contributed by atoms with Gasteiger partial charge >= 0.3 is 18.1 Å². The number of nitriles is 1. The number of carbonyl (C=O) groups excluding carboxylic acids is 6. The normalized spacial score (nSPS) is 14.5. The minimum absolute atomic E-state index is 0. The van der Waals surface area contributed by atoms with E-state index in [2.05, 4.69) is 15.9 Å². The number of nitrogens with two attached hydrogens (primary N) is 1. The number of ketones is 2. The lowest BCUT2D eigenvalue weighted by molar-refractivity contribution is -0.169. The number of fused-ring (bicyclic) bond motifs is 1. The van der Waals surface area contributed by atoms with E-state index in [1.54, 1.807) is 13.0 Å². The molecule has 0 aliphatic carbocycles. The molecule has 0 aliphatic rings. The third kappa shape index (κ3) is 18.3. The standard InChI is InChI=1S/C52H70BrF3N6O9.ClH/c1-10-40(58)49(67)61(9)42(25-32(4)5)45(64)28-36(24-31(2)3)48(66)60(8)43(26-37-30-62(41-15-12-11-14-39(37)41)29-34-17-19-38(53)20-18-34)44(63)27-35(21-22-52(54,55)56)47(65)59(7)33(6)51(70)71-46(50(68)69)16-13-23-57;/h11-12,14-15,17-20,30-33,35-36,40,42-43,46H,10,13,16,21-22,24-29,58H2,1-9H3,(H,68,69);1H/t33-,35+,36+,40-,42-,43-,46+;/m0./s1. The number of para-hydroxylation sites is 1. The zero-order valence-electron chi connectivity index (χ0n) is 42.6. The lowest BCUT2D eigenvalue weighted by Gasteiger charge is -2.34. The van der Waals surface area contributed by atoms with Gasteiger partial charge in [-0.05, 0) is 73.8 Å². The van der Waals surface area contributed by atoms with Gasteiger partial charge in [-0.25, -0.2) is 9.59 Å². The van der Waals surface area contributed by atoms with Crippen LogP contribution in [0.5, 0.6) is 0 Å². The van der Waals surface area contributed by atoms with Crippen LogP contribution in [-0.4, -0.2) is 123 Å². The number of benzene rings is 2. The smallest absolute Gasteiger partial charge is 0.389 e. The lowest BCUT2D eigenvalue weighted by atomic mass is 9.85. The molecule has 0 aliphatic heterocycles. The van der Waals surface area contributed by atoms with Crippen LogP contribution in [0.2, 0.25) is 0 Å². The minimum atomic E-state index is -4.76. The summed E-state index contributed by atoms with van der Waals surface area (Å²) in [5, 5.41) is 19.2. The highest BCUT2D eigenvalue weighted by Gasteiger charge is 2.40. The Morgan fingerprint density at radius 1 is 0.806 bits per heavy atom. The summed E-state index contributed by atoms with van der Waals surface area (Å²) in [7, 11) is 4.03. The Bertz CT molecular complexity index is 2370. The number of alkyl halides is 3. The van der Waals surface area contributed by atoms with E-state index in [0.717, 1.165) is 32.9 Å². The molecule has 398 valence electrons. The van der Waals surface area contributed by atoms with Crippen LogP contribution in [0.3, 0.4) is 0 Å². The molecule has 3 amide bonds. The van der Waals surface area contributed by atoms with Crippen LogP contribution in [0.25, 0.3) is 10.9 Å². The van der Waals surface area contributed by atoms with Crippen molar-refractivity contribution in [3.63, 3.8) is 0 Å². The van der Waals surface area contributed by atoms with E-state index in [1.807, 2.05) is 87.0 Å². The molecular formula is C52H71BrClF3N6O9. The first-order valence-electron chi connectivity index (χ1n) is 24.0. The second kappa shape index (κ2) is 28.8. The first-order chi connectivity index (χ1) is 33.2. The van der Waals surface area contributed by atoms with Crippen molar-refractivity contribution in [2.75, 3.05) is 21.1 Å². The van der Waals surface area contributed by atoms with Crippen molar-refractivity contribution in [1.82, 2.24) is 19.3 Å². The number of nitrogens with zero attached hydrogens (tertiary/aromatic N) is 5. The summed E-state index contributed by atoms with van der Waals surface area (Å²) in [6.07, 6.45) is -8.00. The average Bonchev–Trinajstić information content (AvgIpc) is 3.66. The molecule has 0 saturated carbocycles. The number of Topliss-reactive ketones (excluding diaryl/α,β-unsaturated/α-hetero) is 2. The van der Waals surface area contributed by atoms with E-state index < -0.39 is 103 Å². The number of carboxylic acids is 1. The number of rotatable bonds is 28. The summed E-state index contributed by atoms with van der Waals surface area (Å²) in [5.74, 6) is -8.75. The van der Waals surface area contributed by atoms with E-state index in [4.69, 9.17) is 15.7 Å². The maximum Gasteiger partial charge on any atom is 0.389 e. The highest BCUT2D eigenvalue weighted by Crippen LogP contribution is 2.31. The van der Waals surface area contributed by atoms with Crippen molar-refractivity contribution in [2.24, 2.45) is 29.4 Å². The molecule has 0 spiro atoms. The summed E-state index contributed by atoms with van der Waals surface area (Å²) in [6.45, 7) is 10.9. The fourth-order valence-electron chi connectivity index (χ4n) is 8.61. The van der Waals surface area contributed by atoms with Crippen LogP contribution in [0, 0.1) is 35.0 Å². The fourth-order valence-corrected chi connectivity index (χ4v) is 8.88. The van der Waals surface area contributed by atoms with Gasteiger partial charge in [-0.15, -0.1) is 12.4 Å². The Kier molecular flexibility index (Phi) is 25.1. The number of aliphatic carboxylic acids is 1. The van der Waals surface area contributed by atoms with Gasteiger partial charge in [-0.2, -0.15) is 18.4 Å². The Balaban J connectivity index is 0.0000178. The van der Waals surface area contributed by atoms with Gasteiger partial charge in [0.05, 0.1) is 24.2 Å². The largest absolute Gasteiger partial charge is 0.479 e. The van der Waals surface area contributed by atoms with Crippen LogP contribution in [0.15, 0.2) is 59.2 Å². The molecule has 3 rings (SSSR count). The average molecular weight is 1100 g/mol. The predicted molar refractivity (Wildman–Crippen MR) is 273 cm³/mol. The number of ether oxygens (including phenoxy) is 1. The van der Waals surface area contributed by atoms with Gasteiger partial charge in [-0.3, -0.25) is 24.0 Å². The predicted octanol–water partition coefficient (Wildman–Crippen LogP) is 8.54. The van der Waals surface area contributed by atoms with Crippen LogP contribution < -0.4 is 5.73 Å². The Labute approximate surface area is 435 Å². The van der Waals surface area contributed by atoms with Gasteiger partial charge in [0.2, 0.25) is 17.7 Å². The van der Waals surface area contributed by atoms with Crippen LogP contribution in [-0.2, 0) is 51.3 Å². The number of esters is 1. The van der Waals surface area contributed by atoms with Crippen molar-refractivity contribution in [3.05, 3.63) is 70.3 Å². The monoisotopic (exact) mass is 1090 g/mol. The van der Waals surface area contributed by atoms with E-state index >= 15 is 9.59 Å². The molecule has 3 aromatic rings. The number of aromatic nitrogens is 1. The van der Waals surface area contributed by atoms with Gasteiger partial charge < -0.3 is 34.8 Å². The molecule has 0 saturated heterocycles. The second-order valence-electron chi connectivity index (χ2n) is 19.3. The molecule has 15 nitrogen and oxygen atoms in total. The number of hydrogen-bond acceptors (Lipinski definition) is 10. The molecule has 1 heterocycles. The first kappa shape index (κ1) is 62.8. The summed E-state index contributed by atoms with van der Waals surface area (Å²) in [4.78, 5) is 100. The number of carbonyl (C=O) groups is 7. The Morgan fingerprint density at radius 2 is 1.36 bits per heavy atom. The highest BCUT2D eigenvalue weighted by molar-refractivity contribution is 9.10. The molecule has 7 atom stereocenters. The van der Waals surface area contributed by atoms with Crippen LogP contribution in [0.1, 0.15) is 110 Å². The molecule has 3 N–H and O–H groups in total. The molecule has 2 aromatic carbocycles. The summed E-state index contributed by atoms with van der Waals surface area (Å²) < 4.78 is 49.7. The zero-order chi connectivity index (χ0) is 53.5. The van der Waals surface area contributed by atoms with Crippen LogP contribution in [0.4, 0.5) is 13.2 Å². The van der Waals surface area contributed by atoms with E-state index in [-0.39, 0.29) is 62.1 Å². The van der Waals surface area contributed by atoms with Crippen molar-refractivity contribution in [2.45, 2.75) is 149 Å². The summed E-state index contributed by atoms with van der Waals surface area (Å²) in [5.41, 5.74) is 8.47. The molecule has 0 unspecified atom stereocenters. The third-order valence-electron chi connectivity index (χ3n) is 12.8. The van der Waals surface area contributed by atoms with E-state index in [9.17, 15) is 42.3 Å². The maximum absolute atomic E-state index is 15.0. The van der Waals surface area contributed by atoms with E-state index in [0.29, 0.717) is 24.9 Å². The quantitative estimate of drug-likeness (QED) is 0.0658. The second-order valence-corrected chi connectivity index (χ2v) is 20.2. The highest BCUT2D eigenvalue weighted by atomic mass is 79.9. The number of carboxylic acid groups (broad SMARTS) is 1. The van der Waals surface area contributed by atoms with Gasteiger partial charge in [0, 0.05) is 99.6 Å². The number of halogens is 5. The van der Waals surface area contributed by atoms with Crippen molar-refractivity contribution in [1.29, 1.82) is 5.26 Å². The lowest BCUT2D eigenvalue weighted by Crippen LogP contribution is -2.51. The number of likely N-dealkylation sites (N-methyl/N-ethyl adjacent to an activating group) is 3. The molecule has 0 fully saturated rings. The van der Waals surface area contributed by atoms with Gasteiger partial charge in [0.15, 0.2) is 17.7 Å². The number of amides is 3. The van der Waals surface area contributed by atoms with Crippen molar-refractivity contribution < 1.29 is 56.6 Å². The van der Waals surface area contributed by atoms with Gasteiger partial charge in [-0.1, -0.05) is 80.9 Å². The maximum atomic E-state index is 15.0. The number of hydrogen-bond donors (Lipinski definition) is 2.